The zero-order valence-electron chi connectivity index (χ0n) is 28.3. The van der Waals surface area contributed by atoms with E-state index in [1.54, 1.807) is 41.5 Å². The Hall–Kier alpha value is -3.12. The summed E-state index contributed by atoms with van der Waals surface area (Å²) in [6, 6.07) is 6.16. The first-order valence-corrected chi connectivity index (χ1v) is 17.3. The molecule has 3 amide bonds. The molecule has 1 N–H and O–H groups in total. The lowest BCUT2D eigenvalue weighted by atomic mass is 10.0. The number of carbonyl (C=O) groups excluding carboxylic acids is 4. The van der Waals surface area contributed by atoms with Crippen molar-refractivity contribution in [3.63, 3.8) is 0 Å². The second-order valence-corrected chi connectivity index (χ2v) is 16.0. The molecule has 2 aromatic rings. The Kier molecular flexibility index (Phi) is 14.1. The van der Waals surface area contributed by atoms with Gasteiger partial charge in [0.15, 0.2) is 0 Å². The highest BCUT2D eigenvalue weighted by molar-refractivity contribution is 8.76. The highest BCUT2D eigenvalue weighted by Gasteiger charge is 2.31. The number of amides is 3. The van der Waals surface area contributed by atoms with Crippen LogP contribution in [0.5, 0.6) is 0 Å². The van der Waals surface area contributed by atoms with E-state index in [9.17, 15) is 28.0 Å². The van der Waals surface area contributed by atoms with Crippen LogP contribution in [0.4, 0.5) is 13.6 Å². The Labute approximate surface area is 279 Å². The zero-order valence-corrected chi connectivity index (χ0v) is 29.9. The van der Waals surface area contributed by atoms with Gasteiger partial charge in [-0.1, -0.05) is 49.3 Å². The van der Waals surface area contributed by atoms with Gasteiger partial charge in [0.05, 0.1) is 11.1 Å². The summed E-state index contributed by atoms with van der Waals surface area (Å²) in [6.07, 6.45) is 0.0153. The Morgan fingerprint density at radius 3 is 1.76 bits per heavy atom. The van der Waals surface area contributed by atoms with Crippen LogP contribution in [0, 0.1) is 23.5 Å². The van der Waals surface area contributed by atoms with Crippen molar-refractivity contribution in [3.05, 3.63) is 59.2 Å². The third kappa shape index (κ3) is 12.9. The monoisotopic (exact) mass is 680 g/mol. The van der Waals surface area contributed by atoms with Gasteiger partial charge in [-0.15, -0.1) is 0 Å². The number of hydrogen-bond acceptors (Lipinski definition) is 8. The molecule has 0 aliphatic carbocycles. The van der Waals surface area contributed by atoms with Gasteiger partial charge in [0.2, 0.25) is 0 Å². The SMILES string of the molecule is CC(C)CCN(C(=O)OC(C)(C)C)C(=O)c1ccc(F)cc1SSc1cc(F)ccc1C(=O)N[C@@H](CC(C)C)C(=O)OC(C)(C)C. The molecule has 0 saturated carbocycles. The molecule has 0 radical (unpaired) electrons. The Balaban J connectivity index is 2.41. The smallest absolute Gasteiger partial charge is 0.417 e. The van der Waals surface area contributed by atoms with Crippen molar-refractivity contribution in [2.75, 3.05) is 6.54 Å². The topological polar surface area (TPSA) is 102 Å². The highest BCUT2D eigenvalue weighted by Crippen LogP contribution is 2.41. The van der Waals surface area contributed by atoms with E-state index in [4.69, 9.17) is 9.47 Å². The minimum absolute atomic E-state index is 0.0397. The van der Waals surface area contributed by atoms with E-state index in [0.717, 1.165) is 50.8 Å². The maximum absolute atomic E-state index is 14.5. The van der Waals surface area contributed by atoms with E-state index >= 15 is 0 Å². The lowest BCUT2D eigenvalue weighted by molar-refractivity contribution is -0.157. The summed E-state index contributed by atoms with van der Waals surface area (Å²) in [6.45, 7) is 18.1. The normalized spacial score (nSPS) is 12.6. The highest BCUT2D eigenvalue weighted by atomic mass is 33.1. The molecule has 0 saturated heterocycles. The van der Waals surface area contributed by atoms with Gasteiger partial charge in [-0.05, 0) is 103 Å². The van der Waals surface area contributed by atoms with E-state index in [0.29, 0.717) is 12.8 Å². The quantitative estimate of drug-likeness (QED) is 0.176. The predicted octanol–water partition coefficient (Wildman–Crippen LogP) is 8.67. The average Bonchev–Trinajstić information content (AvgIpc) is 2.89. The number of rotatable bonds is 12. The van der Waals surface area contributed by atoms with Crippen LogP contribution in [0.2, 0.25) is 0 Å². The molecule has 0 fully saturated rings. The summed E-state index contributed by atoms with van der Waals surface area (Å²) in [5.41, 5.74) is -1.50. The van der Waals surface area contributed by atoms with Gasteiger partial charge >= 0.3 is 12.1 Å². The number of carbonyl (C=O) groups is 4. The average molecular weight is 681 g/mol. The predicted molar refractivity (Wildman–Crippen MR) is 178 cm³/mol. The summed E-state index contributed by atoms with van der Waals surface area (Å²) < 4.78 is 39.9. The molecule has 254 valence electrons. The summed E-state index contributed by atoms with van der Waals surface area (Å²) in [5, 5.41) is 2.72. The minimum Gasteiger partial charge on any atom is -0.458 e. The Morgan fingerprint density at radius 2 is 1.28 bits per heavy atom. The molecular weight excluding hydrogens is 635 g/mol. The van der Waals surface area contributed by atoms with Crippen molar-refractivity contribution in [1.29, 1.82) is 0 Å². The third-order valence-electron chi connectivity index (χ3n) is 6.08. The summed E-state index contributed by atoms with van der Waals surface area (Å²) in [7, 11) is 1.87. The molecule has 12 heteroatoms. The third-order valence-corrected chi connectivity index (χ3v) is 8.52. The van der Waals surface area contributed by atoms with Crippen LogP contribution >= 0.6 is 21.6 Å². The van der Waals surface area contributed by atoms with Crippen molar-refractivity contribution < 1.29 is 37.4 Å². The lowest BCUT2D eigenvalue weighted by Crippen LogP contribution is -2.45. The Morgan fingerprint density at radius 1 is 0.783 bits per heavy atom. The maximum atomic E-state index is 14.5. The number of esters is 1. The molecule has 0 unspecified atom stereocenters. The van der Waals surface area contributed by atoms with Crippen LogP contribution in [0.3, 0.4) is 0 Å². The second kappa shape index (κ2) is 16.6. The Bertz CT molecular complexity index is 1400. The number of benzene rings is 2. The number of ether oxygens (including phenoxy) is 2. The first-order chi connectivity index (χ1) is 21.2. The van der Waals surface area contributed by atoms with Crippen LogP contribution in [-0.2, 0) is 14.3 Å². The zero-order chi connectivity index (χ0) is 35.0. The van der Waals surface area contributed by atoms with Crippen molar-refractivity contribution >= 4 is 45.5 Å². The fourth-order valence-corrected chi connectivity index (χ4v) is 6.37. The largest absolute Gasteiger partial charge is 0.458 e. The van der Waals surface area contributed by atoms with E-state index in [1.165, 1.54) is 12.1 Å². The minimum atomic E-state index is -0.945. The van der Waals surface area contributed by atoms with Crippen LogP contribution in [0.1, 0.15) is 103 Å². The summed E-state index contributed by atoms with van der Waals surface area (Å²) in [4.78, 5) is 54.5. The molecule has 8 nitrogen and oxygen atoms in total. The number of nitrogens with one attached hydrogen (secondary N) is 1. The number of halogens is 2. The van der Waals surface area contributed by atoms with Gasteiger partial charge in [0.25, 0.3) is 11.8 Å². The van der Waals surface area contributed by atoms with Crippen molar-refractivity contribution in [3.8, 4) is 0 Å². The molecular formula is C34H46F2N2O6S2. The molecule has 0 aliphatic rings. The molecule has 1 atom stereocenters. The molecule has 0 aliphatic heterocycles. The van der Waals surface area contributed by atoms with Gasteiger partial charge in [0.1, 0.15) is 28.9 Å². The van der Waals surface area contributed by atoms with Gasteiger partial charge in [0, 0.05) is 16.3 Å². The van der Waals surface area contributed by atoms with Crippen LogP contribution in [0.25, 0.3) is 0 Å². The van der Waals surface area contributed by atoms with Gasteiger partial charge in [-0.2, -0.15) is 0 Å². The molecule has 46 heavy (non-hydrogen) atoms. The lowest BCUT2D eigenvalue weighted by Gasteiger charge is -2.27. The molecule has 0 heterocycles. The van der Waals surface area contributed by atoms with E-state index in [2.05, 4.69) is 5.32 Å². The van der Waals surface area contributed by atoms with Crippen LogP contribution in [0.15, 0.2) is 46.2 Å². The maximum Gasteiger partial charge on any atom is 0.417 e. The molecule has 2 rings (SSSR count). The second-order valence-electron chi connectivity index (χ2n) is 13.8. The number of hydrogen-bond donors (Lipinski definition) is 1. The van der Waals surface area contributed by atoms with Crippen molar-refractivity contribution in [1.82, 2.24) is 10.2 Å². The molecule has 2 aromatic carbocycles. The van der Waals surface area contributed by atoms with Gasteiger partial charge in [-0.25, -0.2) is 23.3 Å². The number of nitrogens with zero attached hydrogens (tertiary/aromatic N) is 1. The van der Waals surface area contributed by atoms with E-state index in [1.807, 2.05) is 27.7 Å². The van der Waals surface area contributed by atoms with Crippen LogP contribution in [-0.4, -0.2) is 52.6 Å². The first kappa shape index (κ1) is 39.1. The van der Waals surface area contributed by atoms with Gasteiger partial charge in [-0.3, -0.25) is 9.59 Å². The van der Waals surface area contributed by atoms with E-state index < -0.39 is 52.8 Å². The van der Waals surface area contributed by atoms with Crippen molar-refractivity contribution in [2.45, 2.75) is 109 Å². The summed E-state index contributed by atoms with van der Waals surface area (Å²) in [5.74, 6) is -2.90. The fraction of sp³-hybridized carbons (Fsp3) is 0.529. The molecule has 0 aromatic heterocycles. The number of imide groups is 1. The molecule has 0 spiro atoms. The van der Waals surface area contributed by atoms with Gasteiger partial charge < -0.3 is 14.8 Å². The van der Waals surface area contributed by atoms with Crippen molar-refractivity contribution in [2.24, 2.45) is 11.8 Å². The fourth-order valence-electron chi connectivity index (χ4n) is 4.00. The standard InChI is InChI=1S/C34H46F2N2O6S2/c1-20(2)15-16-38(32(42)44-34(8,9)10)30(40)25-14-12-23(36)19-28(25)46-45-27-18-22(35)11-13-24(27)29(39)37-26(17-21(3)4)31(41)43-33(5,6)7/h11-14,18-21,26H,15-17H2,1-10H3,(H,37,39)/t26-/m0/s1. The van der Waals surface area contributed by atoms with E-state index in [-0.39, 0.29) is 39.3 Å². The summed E-state index contributed by atoms with van der Waals surface area (Å²) >= 11 is 0. The first-order valence-electron chi connectivity index (χ1n) is 15.2. The molecule has 0 bridgehead atoms. The van der Waals surface area contributed by atoms with Crippen LogP contribution < -0.4 is 5.32 Å².